The van der Waals surface area contributed by atoms with E-state index in [1.165, 1.54) is 0 Å². The predicted octanol–water partition coefficient (Wildman–Crippen LogP) is 2.25. The van der Waals surface area contributed by atoms with Crippen LogP contribution in [0.15, 0.2) is 34.4 Å². The summed E-state index contributed by atoms with van der Waals surface area (Å²) in [5.41, 5.74) is 2.47. The molecule has 2 N–H and O–H groups in total. The van der Waals surface area contributed by atoms with Crippen molar-refractivity contribution in [2.45, 2.75) is 13.5 Å². The maximum Gasteiger partial charge on any atom is 0.304 e. The summed E-state index contributed by atoms with van der Waals surface area (Å²) >= 11 is 1.15. The fourth-order valence-corrected chi connectivity index (χ4v) is 2.00. The van der Waals surface area contributed by atoms with E-state index in [0.717, 1.165) is 22.7 Å². The van der Waals surface area contributed by atoms with Crippen molar-refractivity contribution in [3.8, 4) is 0 Å². The van der Waals surface area contributed by atoms with Crippen molar-refractivity contribution < 1.29 is 4.79 Å². The molecule has 2 rings (SSSR count). The fourth-order valence-electron chi connectivity index (χ4n) is 1.42. The van der Waals surface area contributed by atoms with E-state index in [0.29, 0.717) is 12.1 Å². The zero-order chi connectivity index (χ0) is 12.3. The minimum Gasteiger partial charge on any atom is -0.379 e. The van der Waals surface area contributed by atoms with Crippen LogP contribution in [0.3, 0.4) is 0 Å². The Morgan fingerprint density at radius 2 is 2.06 bits per heavy atom. The quantitative estimate of drug-likeness (QED) is 0.816. The highest BCUT2D eigenvalue weighted by atomic mass is 32.1. The molecule has 0 aliphatic heterocycles. The molecule has 1 aromatic heterocycles. The number of benzene rings is 1. The van der Waals surface area contributed by atoms with E-state index in [-0.39, 0.29) is 10.7 Å². The van der Waals surface area contributed by atoms with Crippen LogP contribution in [-0.4, -0.2) is 10.8 Å². The lowest BCUT2D eigenvalue weighted by atomic mass is 10.1. The molecule has 0 fully saturated rings. The molecule has 1 aromatic carbocycles. The lowest BCUT2D eigenvalue weighted by Crippen LogP contribution is -2.03. The molecule has 5 heteroatoms. The molecule has 0 saturated carbocycles. The number of Topliss-reactive ketones (excluding diaryl/α,β-unsaturated/α-hetero) is 1. The van der Waals surface area contributed by atoms with Gasteiger partial charge in [0.1, 0.15) is 0 Å². The van der Waals surface area contributed by atoms with Gasteiger partial charge in [-0.2, -0.15) is 0 Å². The molecule has 88 valence electrons. The van der Waals surface area contributed by atoms with Gasteiger partial charge in [-0.05, 0) is 31.2 Å². The number of H-pyrrole nitrogens is 1. The molecule has 0 unspecified atom stereocenters. The van der Waals surface area contributed by atoms with Gasteiger partial charge in [0.15, 0.2) is 5.78 Å². The summed E-state index contributed by atoms with van der Waals surface area (Å²) in [6, 6.07) is 7.25. The number of nitrogens with one attached hydrogen (secondary N) is 2. The third-order valence-electron chi connectivity index (χ3n) is 2.35. The molecule has 2 aromatic rings. The summed E-state index contributed by atoms with van der Waals surface area (Å²) in [4.78, 5) is 24.7. The predicted molar refractivity (Wildman–Crippen MR) is 68.7 cm³/mol. The van der Waals surface area contributed by atoms with Crippen LogP contribution in [0.25, 0.3) is 0 Å². The zero-order valence-corrected chi connectivity index (χ0v) is 10.1. The molecule has 17 heavy (non-hydrogen) atoms. The number of carbonyl (C=O) groups excluding carboxylic acids is 1. The minimum absolute atomic E-state index is 0.0475. The zero-order valence-electron chi connectivity index (χ0n) is 9.32. The van der Waals surface area contributed by atoms with Gasteiger partial charge in [-0.1, -0.05) is 11.3 Å². The number of aromatic nitrogens is 1. The second-order valence-electron chi connectivity index (χ2n) is 3.66. The van der Waals surface area contributed by atoms with Crippen LogP contribution in [0.4, 0.5) is 5.69 Å². The molecule has 0 saturated heterocycles. The van der Waals surface area contributed by atoms with Gasteiger partial charge in [-0.15, -0.1) is 0 Å². The van der Waals surface area contributed by atoms with Gasteiger partial charge in [0.05, 0.1) is 6.54 Å². The largest absolute Gasteiger partial charge is 0.379 e. The molecular formula is C12H12N2O2S. The van der Waals surface area contributed by atoms with Gasteiger partial charge in [-0.25, -0.2) is 0 Å². The lowest BCUT2D eigenvalue weighted by Gasteiger charge is -2.05. The topological polar surface area (TPSA) is 62.0 Å². The summed E-state index contributed by atoms with van der Waals surface area (Å²) in [6.45, 7) is 2.11. The van der Waals surface area contributed by atoms with Crippen molar-refractivity contribution in [3.05, 3.63) is 50.6 Å². The van der Waals surface area contributed by atoms with Gasteiger partial charge in [0, 0.05) is 22.3 Å². The van der Waals surface area contributed by atoms with Gasteiger partial charge >= 0.3 is 4.87 Å². The van der Waals surface area contributed by atoms with E-state index in [1.807, 2.05) is 12.1 Å². The highest BCUT2D eigenvalue weighted by molar-refractivity contribution is 7.07. The van der Waals surface area contributed by atoms with Crippen LogP contribution >= 0.6 is 11.3 Å². The maximum absolute atomic E-state index is 11.1. The number of ketones is 1. The molecule has 0 radical (unpaired) electrons. The second kappa shape index (κ2) is 4.97. The molecule has 0 atom stereocenters. The van der Waals surface area contributed by atoms with E-state index in [4.69, 9.17) is 0 Å². The van der Waals surface area contributed by atoms with Crippen LogP contribution in [0.2, 0.25) is 0 Å². The van der Waals surface area contributed by atoms with Gasteiger partial charge in [-0.3, -0.25) is 9.59 Å². The van der Waals surface area contributed by atoms with E-state index >= 15 is 0 Å². The lowest BCUT2D eigenvalue weighted by molar-refractivity contribution is 0.101. The molecule has 0 bridgehead atoms. The van der Waals surface area contributed by atoms with Crippen molar-refractivity contribution in [1.29, 1.82) is 0 Å². The Balaban J connectivity index is 2.00. The highest BCUT2D eigenvalue weighted by Crippen LogP contribution is 2.11. The molecule has 4 nitrogen and oxygen atoms in total. The Bertz CT molecular complexity index is 569. The smallest absolute Gasteiger partial charge is 0.304 e. The van der Waals surface area contributed by atoms with Crippen LogP contribution in [0.5, 0.6) is 0 Å². The molecule has 0 aliphatic rings. The minimum atomic E-state index is -0.0475. The van der Waals surface area contributed by atoms with Crippen molar-refractivity contribution in [2.24, 2.45) is 0 Å². The number of anilines is 1. The molecule has 0 spiro atoms. The SMILES string of the molecule is CC(=O)c1ccc(NCc2csc(=O)[nH]2)cc1. The Morgan fingerprint density at radius 1 is 1.35 bits per heavy atom. The van der Waals surface area contributed by atoms with E-state index in [2.05, 4.69) is 10.3 Å². The fraction of sp³-hybridized carbons (Fsp3) is 0.167. The second-order valence-corrected chi connectivity index (χ2v) is 4.50. The summed E-state index contributed by atoms with van der Waals surface area (Å²) in [6.07, 6.45) is 0. The first-order valence-electron chi connectivity index (χ1n) is 5.17. The summed E-state index contributed by atoms with van der Waals surface area (Å²) in [5.74, 6) is 0.0544. The van der Waals surface area contributed by atoms with E-state index in [1.54, 1.807) is 24.4 Å². The van der Waals surface area contributed by atoms with Gasteiger partial charge in [0.2, 0.25) is 0 Å². The van der Waals surface area contributed by atoms with Crippen LogP contribution in [-0.2, 0) is 6.54 Å². The Morgan fingerprint density at radius 3 is 2.59 bits per heavy atom. The first-order chi connectivity index (χ1) is 8.15. The molecular weight excluding hydrogens is 236 g/mol. The summed E-state index contributed by atoms with van der Waals surface area (Å²) in [7, 11) is 0. The molecule has 0 amide bonds. The Hall–Kier alpha value is -1.88. The van der Waals surface area contributed by atoms with Crippen molar-refractivity contribution >= 4 is 22.8 Å². The monoisotopic (exact) mass is 248 g/mol. The van der Waals surface area contributed by atoms with Crippen LogP contribution < -0.4 is 10.2 Å². The Kier molecular flexibility index (Phi) is 3.39. The average molecular weight is 248 g/mol. The average Bonchev–Trinajstić information content (AvgIpc) is 2.73. The van der Waals surface area contributed by atoms with Crippen LogP contribution in [0, 0.1) is 0 Å². The maximum atomic E-state index is 11.1. The number of hydrogen-bond donors (Lipinski definition) is 2. The standard InChI is InChI=1S/C12H12N2O2S/c1-8(15)9-2-4-10(5-3-9)13-6-11-7-17-12(16)14-11/h2-5,7,13H,6H2,1H3,(H,14,16). The first-order valence-corrected chi connectivity index (χ1v) is 6.04. The highest BCUT2D eigenvalue weighted by Gasteiger charge is 1.99. The normalized spacial score (nSPS) is 10.2. The third kappa shape index (κ3) is 3.04. The number of aromatic amines is 1. The number of rotatable bonds is 4. The third-order valence-corrected chi connectivity index (χ3v) is 3.06. The number of hydrogen-bond acceptors (Lipinski definition) is 4. The molecule has 0 aliphatic carbocycles. The summed E-state index contributed by atoms with van der Waals surface area (Å²) in [5, 5.41) is 4.96. The van der Waals surface area contributed by atoms with E-state index < -0.39 is 0 Å². The van der Waals surface area contributed by atoms with Crippen molar-refractivity contribution in [1.82, 2.24) is 4.98 Å². The molecule has 1 heterocycles. The van der Waals surface area contributed by atoms with Gasteiger partial charge in [0.25, 0.3) is 0 Å². The van der Waals surface area contributed by atoms with Crippen molar-refractivity contribution in [3.63, 3.8) is 0 Å². The Labute approximate surface area is 102 Å². The van der Waals surface area contributed by atoms with E-state index in [9.17, 15) is 9.59 Å². The van der Waals surface area contributed by atoms with Crippen molar-refractivity contribution in [2.75, 3.05) is 5.32 Å². The van der Waals surface area contributed by atoms with Gasteiger partial charge < -0.3 is 10.3 Å². The van der Waals surface area contributed by atoms with Crippen LogP contribution in [0.1, 0.15) is 23.0 Å². The first kappa shape index (κ1) is 11.6. The summed E-state index contributed by atoms with van der Waals surface area (Å²) < 4.78 is 0. The number of carbonyl (C=O) groups is 1. The number of thiazole rings is 1.